The second-order valence-electron chi connectivity index (χ2n) is 7.99. The largest absolute Gasteiger partial charge is 0.372 e. The second kappa shape index (κ2) is 9.12. The third-order valence-electron chi connectivity index (χ3n) is 5.51. The molecule has 5 heteroatoms. The highest BCUT2D eigenvalue weighted by Crippen LogP contribution is 2.25. The molecule has 154 valence electrons. The summed E-state index contributed by atoms with van der Waals surface area (Å²) in [4.78, 5) is 28.8. The number of carbonyl (C=O) groups is 2. The highest BCUT2D eigenvalue weighted by molar-refractivity contribution is 6.02. The Kier molecular flexibility index (Phi) is 6.57. The molecule has 0 bridgehead atoms. The zero-order valence-corrected chi connectivity index (χ0v) is 17.9. The minimum atomic E-state index is -0.199. The molecule has 1 fully saturated rings. The lowest BCUT2D eigenvalue weighted by Gasteiger charge is -2.29. The fraction of sp³-hybridized carbons (Fsp3) is 0.417. The average Bonchev–Trinajstić information content (AvgIpc) is 2.69. The van der Waals surface area contributed by atoms with E-state index in [2.05, 4.69) is 10.2 Å². The van der Waals surface area contributed by atoms with Crippen LogP contribution in [0, 0.1) is 20.8 Å². The van der Waals surface area contributed by atoms with Gasteiger partial charge in [-0.05, 0) is 75.4 Å². The number of aryl methyl sites for hydroxylation is 3. The summed E-state index contributed by atoms with van der Waals surface area (Å²) in [5, 5.41) is 2.98. The molecule has 0 spiro atoms. The third kappa shape index (κ3) is 5.17. The number of nitrogens with zero attached hydrogens (tertiary/aromatic N) is 2. The van der Waals surface area contributed by atoms with Gasteiger partial charge in [0.2, 0.25) is 11.8 Å². The number of carbonyl (C=O) groups excluding carboxylic acids is 2. The van der Waals surface area contributed by atoms with Crippen LogP contribution in [0.2, 0.25) is 0 Å². The van der Waals surface area contributed by atoms with E-state index < -0.39 is 0 Å². The Morgan fingerprint density at radius 3 is 2.10 bits per heavy atom. The van der Waals surface area contributed by atoms with Crippen LogP contribution >= 0.6 is 0 Å². The molecule has 0 radical (unpaired) electrons. The van der Waals surface area contributed by atoms with E-state index in [1.165, 1.54) is 36.8 Å². The number of nitrogens with one attached hydrogen (secondary N) is 1. The molecular formula is C24H31N3O2. The van der Waals surface area contributed by atoms with Crippen LogP contribution < -0.4 is 15.1 Å². The molecule has 1 aliphatic rings. The maximum atomic E-state index is 12.7. The number of rotatable bonds is 5. The van der Waals surface area contributed by atoms with E-state index in [0.717, 1.165) is 41.2 Å². The van der Waals surface area contributed by atoms with Gasteiger partial charge in [-0.25, -0.2) is 0 Å². The van der Waals surface area contributed by atoms with Crippen LogP contribution in [0.15, 0.2) is 36.4 Å². The van der Waals surface area contributed by atoms with Gasteiger partial charge in [0, 0.05) is 37.1 Å². The molecule has 5 nitrogen and oxygen atoms in total. The van der Waals surface area contributed by atoms with Crippen molar-refractivity contribution in [2.45, 2.75) is 47.0 Å². The van der Waals surface area contributed by atoms with Gasteiger partial charge in [0.05, 0.1) is 0 Å². The van der Waals surface area contributed by atoms with Crippen molar-refractivity contribution in [3.8, 4) is 0 Å². The van der Waals surface area contributed by atoms with Crippen LogP contribution in [-0.2, 0) is 9.59 Å². The van der Waals surface area contributed by atoms with Crippen molar-refractivity contribution in [2.24, 2.45) is 0 Å². The molecule has 0 saturated carbocycles. The van der Waals surface area contributed by atoms with Crippen molar-refractivity contribution < 1.29 is 9.59 Å². The van der Waals surface area contributed by atoms with Gasteiger partial charge < -0.3 is 15.1 Å². The summed E-state index contributed by atoms with van der Waals surface area (Å²) in [6.45, 7) is 9.65. The zero-order valence-electron chi connectivity index (χ0n) is 17.9. The Morgan fingerprint density at radius 2 is 1.55 bits per heavy atom. The van der Waals surface area contributed by atoms with Crippen LogP contribution in [0.3, 0.4) is 0 Å². The van der Waals surface area contributed by atoms with Crippen LogP contribution in [0.4, 0.5) is 17.1 Å². The van der Waals surface area contributed by atoms with Crippen molar-refractivity contribution >= 4 is 28.9 Å². The summed E-state index contributed by atoms with van der Waals surface area (Å²) in [6, 6.07) is 12.0. The maximum absolute atomic E-state index is 12.7. The number of hydrogen-bond acceptors (Lipinski definition) is 3. The molecule has 0 aromatic heterocycles. The van der Waals surface area contributed by atoms with Gasteiger partial charge in [0.25, 0.3) is 0 Å². The summed E-state index contributed by atoms with van der Waals surface area (Å²) < 4.78 is 0. The predicted octanol–water partition coefficient (Wildman–Crippen LogP) is 4.59. The number of amides is 2. The molecule has 0 unspecified atom stereocenters. The fourth-order valence-electron chi connectivity index (χ4n) is 4.08. The normalized spacial score (nSPS) is 13.9. The van der Waals surface area contributed by atoms with E-state index in [1.54, 1.807) is 0 Å². The van der Waals surface area contributed by atoms with Gasteiger partial charge in [-0.1, -0.05) is 17.7 Å². The van der Waals surface area contributed by atoms with Gasteiger partial charge in [-0.15, -0.1) is 0 Å². The lowest BCUT2D eigenvalue weighted by molar-refractivity contribution is -0.120. The Morgan fingerprint density at radius 1 is 0.966 bits per heavy atom. The first-order valence-electron chi connectivity index (χ1n) is 10.4. The standard InChI is InChI=1S/C24H31N3O2/c1-17-14-18(2)24(19(3)15-17)25-23(29)16-27(20(4)28)22-10-8-21(9-11-22)26-12-6-5-7-13-26/h8-11,14-15H,5-7,12-13,16H2,1-4H3,(H,25,29). The highest BCUT2D eigenvalue weighted by atomic mass is 16.2. The van der Waals surface area contributed by atoms with E-state index >= 15 is 0 Å². The fourth-order valence-corrected chi connectivity index (χ4v) is 4.08. The van der Waals surface area contributed by atoms with Crippen LogP contribution in [0.1, 0.15) is 42.9 Å². The van der Waals surface area contributed by atoms with Gasteiger partial charge >= 0.3 is 0 Å². The van der Waals surface area contributed by atoms with Gasteiger partial charge in [-0.2, -0.15) is 0 Å². The van der Waals surface area contributed by atoms with Crippen molar-refractivity contribution in [2.75, 3.05) is 34.8 Å². The van der Waals surface area contributed by atoms with Gasteiger partial charge in [0.15, 0.2) is 0 Å². The first-order valence-corrected chi connectivity index (χ1v) is 10.4. The third-order valence-corrected chi connectivity index (χ3v) is 5.51. The zero-order chi connectivity index (χ0) is 21.0. The van der Waals surface area contributed by atoms with E-state index in [-0.39, 0.29) is 18.4 Å². The Bertz CT molecular complexity index is 860. The molecule has 1 saturated heterocycles. The summed E-state index contributed by atoms with van der Waals surface area (Å²) in [5.41, 5.74) is 5.95. The summed E-state index contributed by atoms with van der Waals surface area (Å²) in [6.07, 6.45) is 3.74. The second-order valence-corrected chi connectivity index (χ2v) is 7.99. The van der Waals surface area contributed by atoms with Crippen molar-refractivity contribution in [3.63, 3.8) is 0 Å². The minimum absolute atomic E-state index is 0.00878. The molecule has 29 heavy (non-hydrogen) atoms. The van der Waals surface area contributed by atoms with E-state index in [1.807, 2.05) is 57.2 Å². The minimum Gasteiger partial charge on any atom is -0.372 e. The summed E-state index contributed by atoms with van der Waals surface area (Å²) >= 11 is 0. The first kappa shape index (κ1) is 20.9. The number of piperidine rings is 1. The summed E-state index contributed by atoms with van der Waals surface area (Å²) in [5.74, 6) is -0.349. The first-order chi connectivity index (χ1) is 13.8. The molecule has 0 aliphatic carbocycles. The molecule has 0 atom stereocenters. The SMILES string of the molecule is CC(=O)N(CC(=O)Nc1c(C)cc(C)cc1C)c1ccc(N2CCCCC2)cc1. The highest BCUT2D eigenvalue weighted by Gasteiger charge is 2.18. The van der Waals surface area contributed by atoms with Crippen molar-refractivity contribution in [3.05, 3.63) is 53.1 Å². The monoisotopic (exact) mass is 393 g/mol. The Labute approximate surface area is 173 Å². The van der Waals surface area contributed by atoms with E-state index in [0.29, 0.717) is 0 Å². The van der Waals surface area contributed by atoms with Crippen molar-refractivity contribution in [1.29, 1.82) is 0 Å². The van der Waals surface area contributed by atoms with Gasteiger partial charge in [0.1, 0.15) is 6.54 Å². The number of anilines is 3. The molecule has 2 aromatic carbocycles. The lowest BCUT2D eigenvalue weighted by atomic mass is 10.1. The Balaban J connectivity index is 1.71. The molecular weight excluding hydrogens is 362 g/mol. The lowest BCUT2D eigenvalue weighted by Crippen LogP contribution is -2.37. The molecule has 2 aromatic rings. The van der Waals surface area contributed by atoms with Crippen LogP contribution in [0.25, 0.3) is 0 Å². The number of hydrogen-bond donors (Lipinski definition) is 1. The van der Waals surface area contributed by atoms with Crippen LogP contribution in [-0.4, -0.2) is 31.4 Å². The van der Waals surface area contributed by atoms with E-state index in [9.17, 15) is 9.59 Å². The van der Waals surface area contributed by atoms with Crippen LogP contribution in [0.5, 0.6) is 0 Å². The topological polar surface area (TPSA) is 52.7 Å². The molecule has 2 amide bonds. The summed E-state index contributed by atoms with van der Waals surface area (Å²) in [7, 11) is 0. The molecule has 1 heterocycles. The molecule has 1 aliphatic heterocycles. The average molecular weight is 394 g/mol. The maximum Gasteiger partial charge on any atom is 0.244 e. The molecule has 1 N–H and O–H groups in total. The predicted molar refractivity (Wildman–Crippen MR) is 120 cm³/mol. The Hall–Kier alpha value is -2.82. The molecule has 3 rings (SSSR count). The van der Waals surface area contributed by atoms with E-state index in [4.69, 9.17) is 0 Å². The van der Waals surface area contributed by atoms with Crippen molar-refractivity contribution in [1.82, 2.24) is 0 Å². The number of benzene rings is 2. The smallest absolute Gasteiger partial charge is 0.244 e. The quantitative estimate of drug-likeness (QED) is 0.808. The van der Waals surface area contributed by atoms with Gasteiger partial charge in [-0.3, -0.25) is 9.59 Å².